The van der Waals surface area contributed by atoms with Crippen LogP contribution >= 0.6 is 0 Å². The highest BCUT2D eigenvalue weighted by Gasteiger charge is 2.34. The lowest BCUT2D eigenvalue weighted by Gasteiger charge is -2.32. The van der Waals surface area contributed by atoms with Crippen LogP contribution in [0.15, 0.2) is 29.3 Å². The van der Waals surface area contributed by atoms with Gasteiger partial charge in [-0.05, 0) is 25.0 Å². The molecule has 0 aliphatic carbocycles. The number of hydrogen-bond acceptors (Lipinski definition) is 4. The summed E-state index contributed by atoms with van der Waals surface area (Å²) in [6, 6.07) is 2.54. The predicted octanol–water partition coefficient (Wildman–Crippen LogP) is 1.39. The molecule has 1 aliphatic heterocycles. The molecule has 1 saturated heterocycles. The quantitative estimate of drug-likeness (QED) is 0.902. The zero-order valence-electron chi connectivity index (χ0n) is 13.2. The minimum atomic E-state index is -4.53. The van der Waals surface area contributed by atoms with E-state index in [1.54, 1.807) is 11.0 Å². The number of rotatable bonds is 3. The largest absolute Gasteiger partial charge is 0.435 e. The number of halogens is 3. The van der Waals surface area contributed by atoms with E-state index in [0.29, 0.717) is 18.8 Å². The Kier molecular flexibility index (Phi) is 4.60. The van der Waals surface area contributed by atoms with Gasteiger partial charge in [0.25, 0.3) is 0 Å². The van der Waals surface area contributed by atoms with Crippen LogP contribution in [0.3, 0.4) is 0 Å². The monoisotopic (exact) mass is 355 g/mol. The molecule has 1 amide bonds. The van der Waals surface area contributed by atoms with Gasteiger partial charge in [-0.25, -0.2) is 9.78 Å². The molecule has 1 fully saturated rings. The highest BCUT2D eigenvalue weighted by molar-refractivity contribution is 5.76. The van der Waals surface area contributed by atoms with Gasteiger partial charge in [-0.1, -0.05) is 0 Å². The van der Waals surface area contributed by atoms with Crippen molar-refractivity contribution in [2.24, 2.45) is 0 Å². The molecule has 1 atom stereocenters. The number of alkyl halides is 3. The van der Waals surface area contributed by atoms with E-state index in [4.69, 9.17) is 0 Å². The molecule has 0 saturated carbocycles. The summed E-state index contributed by atoms with van der Waals surface area (Å²) in [5, 5.41) is 3.39. The average molecular weight is 355 g/mol. The molecule has 1 aliphatic rings. The Hall–Kier alpha value is -2.65. The fourth-order valence-electron chi connectivity index (χ4n) is 2.92. The first-order valence-electron chi connectivity index (χ1n) is 7.76. The van der Waals surface area contributed by atoms with Gasteiger partial charge in [0.1, 0.15) is 6.54 Å². The van der Waals surface area contributed by atoms with Crippen LogP contribution in [-0.4, -0.2) is 43.6 Å². The van der Waals surface area contributed by atoms with Gasteiger partial charge in [0, 0.05) is 37.1 Å². The SMILES string of the molecule is O=C(Cn1ccc(C(F)(F)F)n1)N1CCCC(c2ccnc(=O)[nH]2)C1. The summed E-state index contributed by atoms with van der Waals surface area (Å²) in [6.07, 6.45) is -0.422. The van der Waals surface area contributed by atoms with Crippen molar-refractivity contribution in [3.05, 3.63) is 46.4 Å². The van der Waals surface area contributed by atoms with Gasteiger partial charge in [-0.2, -0.15) is 18.3 Å². The van der Waals surface area contributed by atoms with Gasteiger partial charge in [-0.3, -0.25) is 9.48 Å². The number of likely N-dealkylation sites (tertiary alicyclic amines) is 1. The number of aromatic nitrogens is 4. The molecule has 3 heterocycles. The van der Waals surface area contributed by atoms with Crippen molar-refractivity contribution in [3.63, 3.8) is 0 Å². The molecule has 0 spiro atoms. The van der Waals surface area contributed by atoms with Crippen LogP contribution in [-0.2, 0) is 17.5 Å². The van der Waals surface area contributed by atoms with Crippen molar-refractivity contribution < 1.29 is 18.0 Å². The van der Waals surface area contributed by atoms with E-state index in [0.717, 1.165) is 29.8 Å². The van der Waals surface area contributed by atoms with Crippen LogP contribution < -0.4 is 5.69 Å². The molecule has 3 rings (SSSR count). The minimum absolute atomic E-state index is 0.0308. The first-order valence-corrected chi connectivity index (χ1v) is 7.76. The van der Waals surface area contributed by atoms with E-state index in [2.05, 4.69) is 15.1 Å². The van der Waals surface area contributed by atoms with Crippen molar-refractivity contribution in [2.45, 2.75) is 31.5 Å². The molecular weight excluding hydrogens is 339 g/mol. The van der Waals surface area contributed by atoms with Crippen LogP contribution in [0, 0.1) is 0 Å². The zero-order valence-corrected chi connectivity index (χ0v) is 13.2. The molecule has 2 aromatic rings. The van der Waals surface area contributed by atoms with Gasteiger partial charge in [0.05, 0.1) is 0 Å². The van der Waals surface area contributed by atoms with Crippen LogP contribution in [0.25, 0.3) is 0 Å². The molecule has 0 radical (unpaired) electrons. The Morgan fingerprint density at radius 3 is 2.84 bits per heavy atom. The Bertz CT molecular complexity index is 814. The van der Waals surface area contributed by atoms with Crippen molar-refractivity contribution in [2.75, 3.05) is 13.1 Å². The lowest BCUT2D eigenvalue weighted by molar-refractivity contribution is -0.142. The minimum Gasteiger partial charge on any atom is -0.340 e. The van der Waals surface area contributed by atoms with Crippen LogP contribution in [0.5, 0.6) is 0 Å². The summed E-state index contributed by atoms with van der Waals surface area (Å²) >= 11 is 0. The molecule has 1 unspecified atom stereocenters. The molecule has 0 bridgehead atoms. The summed E-state index contributed by atoms with van der Waals surface area (Å²) in [6.45, 7) is 0.667. The number of nitrogens with one attached hydrogen (secondary N) is 1. The first kappa shape index (κ1) is 17.2. The summed E-state index contributed by atoms with van der Waals surface area (Å²) < 4.78 is 38.7. The fourth-order valence-corrected chi connectivity index (χ4v) is 2.92. The molecule has 134 valence electrons. The Morgan fingerprint density at radius 2 is 2.16 bits per heavy atom. The highest BCUT2D eigenvalue weighted by Crippen LogP contribution is 2.27. The summed E-state index contributed by atoms with van der Waals surface area (Å²) in [4.78, 5) is 31.5. The summed E-state index contributed by atoms with van der Waals surface area (Å²) in [7, 11) is 0. The summed E-state index contributed by atoms with van der Waals surface area (Å²) in [5.74, 6) is -0.338. The lowest BCUT2D eigenvalue weighted by Crippen LogP contribution is -2.41. The molecular formula is C15H16F3N5O2. The number of piperidine rings is 1. The van der Waals surface area contributed by atoms with E-state index >= 15 is 0 Å². The predicted molar refractivity (Wildman–Crippen MR) is 80.6 cm³/mol. The van der Waals surface area contributed by atoms with Crippen LogP contribution in [0.2, 0.25) is 0 Å². The average Bonchev–Trinajstić information content (AvgIpc) is 3.04. The number of hydrogen-bond donors (Lipinski definition) is 1. The Balaban J connectivity index is 1.66. The molecule has 10 heteroatoms. The van der Waals surface area contributed by atoms with E-state index < -0.39 is 17.6 Å². The lowest BCUT2D eigenvalue weighted by atomic mass is 9.94. The molecule has 0 aromatic carbocycles. The third kappa shape index (κ3) is 4.06. The molecule has 7 nitrogen and oxygen atoms in total. The Labute approximate surface area is 140 Å². The third-order valence-electron chi connectivity index (χ3n) is 4.14. The van der Waals surface area contributed by atoms with Crippen molar-refractivity contribution >= 4 is 5.91 Å². The van der Waals surface area contributed by atoms with E-state index in [1.807, 2.05) is 0 Å². The number of carbonyl (C=O) groups is 1. The topological polar surface area (TPSA) is 83.9 Å². The maximum absolute atomic E-state index is 12.6. The van der Waals surface area contributed by atoms with Gasteiger partial charge >= 0.3 is 11.9 Å². The van der Waals surface area contributed by atoms with Crippen molar-refractivity contribution in [1.29, 1.82) is 0 Å². The second-order valence-electron chi connectivity index (χ2n) is 5.91. The van der Waals surface area contributed by atoms with Crippen molar-refractivity contribution in [3.8, 4) is 0 Å². The number of aromatic amines is 1. The molecule has 1 N–H and O–H groups in total. The maximum atomic E-state index is 12.6. The number of H-pyrrole nitrogens is 1. The van der Waals surface area contributed by atoms with Crippen LogP contribution in [0.1, 0.15) is 30.1 Å². The van der Waals surface area contributed by atoms with E-state index in [9.17, 15) is 22.8 Å². The van der Waals surface area contributed by atoms with E-state index in [1.165, 1.54) is 6.20 Å². The number of nitrogens with zero attached hydrogens (tertiary/aromatic N) is 4. The smallest absolute Gasteiger partial charge is 0.340 e. The van der Waals surface area contributed by atoms with Gasteiger partial charge < -0.3 is 9.88 Å². The third-order valence-corrected chi connectivity index (χ3v) is 4.14. The molecule has 25 heavy (non-hydrogen) atoms. The second-order valence-corrected chi connectivity index (χ2v) is 5.91. The van der Waals surface area contributed by atoms with E-state index in [-0.39, 0.29) is 18.4 Å². The highest BCUT2D eigenvalue weighted by atomic mass is 19.4. The van der Waals surface area contributed by atoms with Gasteiger partial charge in [0.15, 0.2) is 5.69 Å². The number of carbonyl (C=O) groups excluding carboxylic acids is 1. The summed E-state index contributed by atoms with van der Waals surface area (Å²) in [5.41, 5.74) is -0.765. The standard InChI is InChI=1S/C15H16F3N5O2/c16-15(17,18)12-4-7-23(21-12)9-13(24)22-6-1-2-10(8-22)11-3-5-19-14(25)20-11/h3-5,7,10H,1-2,6,8-9H2,(H,19,20,25). The second kappa shape index (κ2) is 6.69. The molecule has 2 aromatic heterocycles. The zero-order chi connectivity index (χ0) is 18.0. The van der Waals surface area contributed by atoms with Crippen molar-refractivity contribution in [1.82, 2.24) is 24.6 Å². The number of amides is 1. The normalized spacial score (nSPS) is 18.4. The van der Waals surface area contributed by atoms with Crippen LogP contribution in [0.4, 0.5) is 13.2 Å². The maximum Gasteiger partial charge on any atom is 0.435 e. The Morgan fingerprint density at radius 1 is 1.36 bits per heavy atom. The van der Waals surface area contributed by atoms with Gasteiger partial charge in [-0.15, -0.1) is 0 Å². The first-order chi connectivity index (χ1) is 11.8. The van der Waals surface area contributed by atoms with Gasteiger partial charge in [0.2, 0.25) is 5.91 Å². The fraction of sp³-hybridized carbons (Fsp3) is 0.467.